The molecule has 5 rings (SSSR count). The Balaban J connectivity index is 1.56. The Morgan fingerprint density at radius 3 is 2.68 bits per heavy atom. The van der Waals surface area contributed by atoms with E-state index in [2.05, 4.69) is 11.0 Å². The largest absolute Gasteiger partial charge is 0.486 e. The van der Waals surface area contributed by atoms with Gasteiger partial charge < -0.3 is 23.5 Å². The van der Waals surface area contributed by atoms with E-state index in [-0.39, 0.29) is 5.63 Å². The topological polar surface area (TPSA) is 61.1 Å². The molecule has 0 radical (unpaired) electrons. The van der Waals surface area contributed by atoms with Crippen LogP contribution in [-0.4, -0.2) is 19.9 Å². The number of aryl methyl sites for hydroxylation is 2. The monoisotopic (exact) mass is 379 g/mol. The molecular weight excluding hydrogens is 358 g/mol. The molecule has 0 saturated carbocycles. The first-order valence-corrected chi connectivity index (χ1v) is 9.50. The fourth-order valence-corrected chi connectivity index (χ4v) is 3.97. The van der Waals surface area contributed by atoms with E-state index < -0.39 is 0 Å². The summed E-state index contributed by atoms with van der Waals surface area (Å²) in [6, 6.07) is 9.62. The lowest BCUT2D eigenvalue weighted by Gasteiger charge is -2.32. The minimum absolute atomic E-state index is 0.318. The fraction of sp³-hybridized carbons (Fsp3) is 0.318. The van der Waals surface area contributed by atoms with Gasteiger partial charge >= 0.3 is 5.63 Å². The van der Waals surface area contributed by atoms with Crippen molar-refractivity contribution in [3.63, 3.8) is 0 Å². The summed E-state index contributed by atoms with van der Waals surface area (Å²) in [5.41, 5.74) is 4.27. The Labute approximate surface area is 162 Å². The van der Waals surface area contributed by atoms with Gasteiger partial charge in [0.05, 0.1) is 0 Å². The molecule has 2 aromatic carbocycles. The molecule has 28 heavy (non-hydrogen) atoms. The van der Waals surface area contributed by atoms with Crippen molar-refractivity contribution < 1.29 is 18.6 Å². The molecule has 0 spiro atoms. The molecule has 0 aliphatic carbocycles. The van der Waals surface area contributed by atoms with Crippen molar-refractivity contribution in [2.75, 3.05) is 24.8 Å². The van der Waals surface area contributed by atoms with Gasteiger partial charge in [0.15, 0.2) is 18.2 Å². The lowest BCUT2D eigenvalue weighted by molar-refractivity contribution is 0.171. The molecule has 0 bridgehead atoms. The summed E-state index contributed by atoms with van der Waals surface area (Å²) in [6.45, 7) is 6.25. The lowest BCUT2D eigenvalue weighted by atomic mass is 9.99. The highest BCUT2D eigenvalue weighted by atomic mass is 16.6. The quantitative estimate of drug-likeness (QED) is 0.632. The van der Waals surface area contributed by atoms with E-state index in [1.165, 1.54) is 0 Å². The van der Waals surface area contributed by atoms with Gasteiger partial charge in [0.2, 0.25) is 0 Å². The summed E-state index contributed by atoms with van der Waals surface area (Å²) < 4.78 is 22.9. The Kier molecular flexibility index (Phi) is 3.93. The Morgan fingerprint density at radius 1 is 1.04 bits per heavy atom. The third-order valence-corrected chi connectivity index (χ3v) is 5.37. The molecule has 0 unspecified atom stereocenters. The first-order chi connectivity index (χ1) is 13.6. The van der Waals surface area contributed by atoms with Gasteiger partial charge in [-0.15, -0.1) is 0 Å². The number of hydrogen-bond donors (Lipinski definition) is 0. The van der Waals surface area contributed by atoms with E-state index in [0.29, 0.717) is 32.1 Å². The van der Waals surface area contributed by atoms with Crippen LogP contribution in [0, 0.1) is 6.92 Å². The average molecular weight is 379 g/mol. The van der Waals surface area contributed by atoms with Gasteiger partial charge in [0.25, 0.3) is 0 Å². The van der Waals surface area contributed by atoms with Crippen LogP contribution in [0.15, 0.2) is 39.5 Å². The maximum absolute atomic E-state index is 11.9. The van der Waals surface area contributed by atoms with E-state index in [0.717, 1.165) is 51.4 Å². The van der Waals surface area contributed by atoms with Crippen molar-refractivity contribution in [3.8, 4) is 17.2 Å². The maximum Gasteiger partial charge on any atom is 0.336 e. The molecular formula is C22H21NO5. The van der Waals surface area contributed by atoms with Crippen LogP contribution in [0.4, 0.5) is 5.69 Å². The summed E-state index contributed by atoms with van der Waals surface area (Å²) in [4.78, 5) is 14.0. The van der Waals surface area contributed by atoms with Crippen molar-refractivity contribution in [2.45, 2.75) is 26.8 Å². The third kappa shape index (κ3) is 2.68. The summed E-state index contributed by atoms with van der Waals surface area (Å²) in [5.74, 6) is 2.34. The van der Waals surface area contributed by atoms with E-state index in [4.69, 9.17) is 18.6 Å². The number of fused-ring (bicyclic) bond motifs is 3. The van der Waals surface area contributed by atoms with E-state index >= 15 is 0 Å². The number of ether oxygens (including phenoxy) is 3. The van der Waals surface area contributed by atoms with Crippen molar-refractivity contribution in [2.24, 2.45) is 0 Å². The summed E-state index contributed by atoms with van der Waals surface area (Å²) >= 11 is 0. The maximum atomic E-state index is 11.9. The second-order valence-electron chi connectivity index (χ2n) is 7.11. The zero-order valence-corrected chi connectivity index (χ0v) is 15.9. The normalized spacial score (nSPS) is 15.3. The van der Waals surface area contributed by atoms with Crippen LogP contribution in [0.3, 0.4) is 0 Å². The first-order valence-electron chi connectivity index (χ1n) is 9.50. The molecule has 144 valence electrons. The van der Waals surface area contributed by atoms with E-state index in [1.54, 1.807) is 6.07 Å². The third-order valence-electron chi connectivity index (χ3n) is 5.37. The summed E-state index contributed by atoms with van der Waals surface area (Å²) in [6.07, 6.45) is 0.771. The molecule has 0 amide bonds. The van der Waals surface area contributed by atoms with Crippen molar-refractivity contribution in [3.05, 3.63) is 57.4 Å². The van der Waals surface area contributed by atoms with Gasteiger partial charge in [-0.25, -0.2) is 4.79 Å². The van der Waals surface area contributed by atoms with Crippen LogP contribution in [0.2, 0.25) is 0 Å². The molecule has 1 aromatic heterocycles. The van der Waals surface area contributed by atoms with E-state index in [9.17, 15) is 4.79 Å². The predicted molar refractivity (Wildman–Crippen MR) is 106 cm³/mol. The first kappa shape index (κ1) is 17.0. The number of rotatable bonds is 2. The Morgan fingerprint density at radius 2 is 1.86 bits per heavy atom. The molecule has 6 heteroatoms. The minimum atomic E-state index is -0.318. The van der Waals surface area contributed by atoms with Crippen molar-refractivity contribution in [1.82, 2.24) is 0 Å². The molecule has 0 fully saturated rings. The molecule has 2 aliphatic heterocycles. The molecule has 3 aromatic rings. The molecule has 2 aliphatic rings. The highest BCUT2D eigenvalue weighted by Gasteiger charge is 2.24. The van der Waals surface area contributed by atoms with Crippen molar-refractivity contribution >= 4 is 16.7 Å². The smallest absolute Gasteiger partial charge is 0.336 e. The van der Waals surface area contributed by atoms with Gasteiger partial charge in [0, 0.05) is 40.9 Å². The second kappa shape index (κ2) is 6.48. The van der Waals surface area contributed by atoms with Gasteiger partial charge in [-0.2, -0.15) is 0 Å². The number of nitrogens with zero attached hydrogens (tertiary/aromatic N) is 1. The van der Waals surface area contributed by atoms with Crippen LogP contribution in [0.1, 0.15) is 23.6 Å². The highest BCUT2D eigenvalue weighted by molar-refractivity contribution is 5.86. The Bertz CT molecular complexity index is 1130. The number of anilines is 1. The summed E-state index contributed by atoms with van der Waals surface area (Å²) in [5, 5.41) is 0.978. The second-order valence-corrected chi connectivity index (χ2v) is 7.11. The fourth-order valence-electron chi connectivity index (χ4n) is 3.97. The van der Waals surface area contributed by atoms with Gasteiger partial charge in [-0.1, -0.05) is 6.92 Å². The zero-order valence-electron chi connectivity index (χ0n) is 15.9. The molecule has 0 saturated heterocycles. The van der Waals surface area contributed by atoms with Crippen LogP contribution in [0.5, 0.6) is 17.2 Å². The van der Waals surface area contributed by atoms with Gasteiger partial charge in [-0.3, -0.25) is 0 Å². The number of hydrogen-bond acceptors (Lipinski definition) is 6. The lowest BCUT2D eigenvalue weighted by Crippen LogP contribution is -2.32. The molecule has 0 N–H and O–H groups in total. The highest BCUT2D eigenvalue weighted by Crippen LogP contribution is 2.39. The Hall–Kier alpha value is -3.15. The van der Waals surface area contributed by atoms with Gasteiger partial charge in [0.1, 0.15) is 24.5 Å². The van der Waals surface area contributed by atoms with Crippen LogP contribution in [0.25, 0.3) is 11.0 Å². The SMILES string of the molecule is CCc1cc(=O)oc2c(C)c3c(cc12)CN(c1ccc2c(c1)OCCO2)CO3. The predicted octanol–water partition coefficient (Wildman–Crippen LogP) is 3.79. The zero-order chi connectivity index (χ0) is 19.3. The molecule has 3 heterocycles. The standard InChI is InChI=1S/C22H21NO5/c1-3-14-9-20(24)28-22-13(2)21-15(8-17(14)22)11-23(12-27-21)16-4-5-18-19(10-16)26-7-6-25-18/h4-5,8-10H,3,6-7,11-12H2,1-2H3. The minimum Gasteiger partial charge on any atom is -0.486 e. The number of benzene rings is 2. The van der Waals surface area contributed by atoms with Crippen LogP contribution in [-0.2, 0) is 13.0 Å². The van der Waals surface area contributed by atoms with E-state index in [1.807, 2.05) is 32.0 Å². The van der Waals surface area contributed by atoms with Crippen LogP contribution >= 0.6 is 0 Å². The summed E-state index contributed by atoms with van der Waals surface area (Å²) in [7, 11) is 0. The molecule has 0 atom stereocenters. The average Bonchev–Trinajstić information content (AvgIpc) is 2.73. The van der Waals surface area contributed by atoms with Gasteiger partial charge in [-0.05, 0) is 37.1 Å². The van der Waals surface area contributed by atoms with Crippen LogP contribution < -0.4 is 24.7 Å². The van der Waals surface area contributed by atoms with Crippen molar-refractivity contribution in [1.29, 1.82) is 0 Å². The molecule has 6 nitrogen and oxygen atoms in total.